The van der Waals surface area contributed by atoms with Gasteiger partial charge in [-0.25, -0.2) is 4.98 Å². The third-order valence-corrected chi connectivity index (χ3v) is 5.93. The predicted octanol–water partition coefficient (Wildman–Crippen LogP) is 5.41. The number of carbonyl (C=O) groups excluding carboxylic acids is 1. The molecule has 3 aromatic rings. The van der Waals surface area contributed by atoms with E-state index >= 15 is 0 Å². The third-order valence-electron chi connectivity index (χ3n) is 3.66. The van der Waals surface area contributed by atoms with Crippen LogP contribution in [0.5, 0.6) is 0 Å². The van der Waals surface area contributed by atoms with Crippen LogP contribution in [-0.4, -0.2) is 21.6 Å². The number of rotatable bonds is 6. The maximum atomic E-state index is 12.2. The smallest absolute Gasteiger partial charge is 0.271 e. The zero-order valence-electron chi connectivity index (χ0n) is 14.1. The molecule has 0 radical (unpaired) electrons. The van der Waals surface area contributed by atoms with Gasteiger partial charge in [-0.3, -0.25) is 14.9 Å². The lowest BCUT2D eigenvalue weighted by atomic mass is 10.2. The number of carbonyl (C=O) groups is 1. The molecule has 0 aliphatic heterocycles. The molecule has 0 atom stereocenters. The summed E-state index contributed by atoms with van der Waals surface area (Å²) in [5.74, 6) is -0.0813. The molecule has 0 bridgehead atoms. The van der Waals surface area contributed by atoms with Crippen molar-refractivity contribution in [3.63, 3.8) is 0 Å². The molecule has 1 amide bonds. The molecule has 0 unspecified atom stereocenters. The van der Waals surface area contributed by atoms with Gasteiger partial charge in [0.05, 0.1) is 22.1 Å². The summed E-state index contributed by atoms with van der Waals surface area (Å²) < 4.78 is 0.769. The number of halogens is 1. The Morgan fingerprint density at radius 2 is 2.04 bits per heavy atom. The number of hydrogen-bond donors (Lipinski definition) is 1. The fraction of sp³-hybridized carbons (Fsp3) is 0.111. The highest BCUT2D eigenvalue weighted by Gasteiger charge is 2.12. The van der Waals surface area contributed by atoms with E-state index in [1.165, 1.54) is 35.2 Å². The molecule has 1 aromatic heterocycles. The highest BCUT2D eigenvalue weighted by Crippen LogP contribution is 2.29. The number of anilines is 1. The topological polar surface area (TPSA) is 85.1 Å². The normalized spacial score (nSPS) is 10.6. The molecule has 9 heteroatoms. The number of nitrogens with zero attached hydrogens (tertiary/aromatic N) is 2. The third kappa shape index (κ3) is 5.06. The summed E-state index contributed by atoms with van der Waals surface area (Å²) >= 11 is 8.66. The van der Waals surface area contributed by atoms with Gasteiger partial charge in [0.2, 0.25) is 5.91 Å². The summed E-state index contributed by atoms with van der Waals surface area (Å²) in [6.07, 6.45) is 0. The molecule has 0 aliphatic carbocycles. The maximum absolute atomic E-state index is 12.2. The van der Waals surface area contributed by atoms with E-state index in [-0.39, 0.29) is 17.3 Å². The fourth-order valence-corrected chi connectivity index (χ4v) is 4.01. The van der Waals surface area contributed by atoms with Crippen LogP contribution in [0.3, 0.4) is 0 Å². The monoisotopic (exact) mass is 419 g/mol. The second kappa shape index (κ2) is 8.51. The van der Waals surface area contributed by atoms with Gasteiger partial charge in [0.1, 0.15) is 0 Å². The molecule has 1 N–H and O–H groups in total. The Hall–Kier alpha value is -2.42. The van der Waals surface area contributed by atoms with Crippen LogP contribution in [0.15, 0.2) is 52.2 Å². The quantitative estimate of drug-likeness (QED) is 0.328. The first kappa shape index (κ1) is 19.3. The number of benzene rings is 2. The number of thioether (sulfide) groups is 1. The molecule has 6 nitrogen and oxygen atoms in total. The first-order valence-corrected chi connectivity index (χ1v) is 10.1. The first-order valence-electron chi connectivity index (χ1n) is 7.81. The Morgan fingerprint density at radius 3 is 2.74 bits per heavy atom. The van der Waals surface area contributed by atoms with E-state index < -0.39 is 4.92 Å². The number of nitrogens with one attached hydrogen (secondary N) is 1. The number of nitro groups is 1. The lowest BCUT2D eigenvalue weighted by molar-refractivity contribution is -0.384. The van der Waals surface area contributed by atoms with Crippen molar-refractivity contribution in [1.29, 1.82) is 0 Å². The van der Waals surface area contributed by atoms with Crippen LogP contribution in [0, 0.1) is 17.0 Å². The van der Waals surface area contributed by atoms with Crippen molar-refractivity contribution in [2.45, 2.75) is 11.3 Å². The van der Waals surface area contributed by atoms with E-state index in [9.17, 15) is 14.9 Å². The molecule has 1 heterocycles. The maximum Gasteiger partial charge on any atom is 0.271 e. The Balaban J connectivity index is 1.61. The largest absolute Gasteiger partial charge is 0.325 e. The zero-order chi connectivity index (χ0) is 19.4. The van der Waals surface area contributed by atoms with Crippen molar-refractivity contribution in [3.05, 3.63) is 68.5 Å². The molecule has 0 aliphatic rings. The average Bonchev–Trinajstić information content (AvgIpc) is 3.11. The van der Waals surface area contributed by atoms with Gasteiger partial charge in [0.25, 0.3) is 5.69 Å². The Kier molecular flexibility index (Phi) is 6.10. The van der Waals surface area contributed by atoms with Gasteiger partial charge in [0, 0.05) is 28.1 Å². The van der Waals surface area contributed by atoms with Gasteiger partial charge in [-0.1, -0.05) is 41.6 Å². The van der Waals surface area contributed by atoms with E-state index in [4.69, 9.17) is 11.6 Å². The standard InChI is InChI=1S/C18H14ClN3O3S2/c1-11-2-7-14(22(24)25)8-15(11)20-17(23)10-27-18-21-16(9-26-18)12-3-5-13(19)6-4-12/h2-9H,10H2,1H3,(H,20,23). The number of nitro benzene ring substituents is 1. The summed E-state index contributed by atoms with van der Waals surface area (Å²) in [6, 6.07) is 11.8. The van der Waals surface area contributed by atoms with Crippen molar-refractivity contribution in [3.8, 4) is 11.3 Å². The Labute approximate surface area is 168 Å². The molecule has 0 saturated heterocycles. The van der Waals surface area contributed by atoms with Crippen LogP contribution in [0.25, 0.3) is 11.3 Å². The van der Waals surface area contributed by atoms with Gasteiger partial charge < -0.3 is 5.32 Å². The second-order valence-corrected chi connectivity index (χ2v) is 8.12. The SMILES string of the molecule is Cc1ccc([N+](=O)[O-])cc1NC(=O)CSc1nc(-c2ccc(Cl)cc2)cs1. The molecule has 0 fully saturated rings. The summed E-state index contributed by atoms with van der Waals surface area (Å²) in [7, 11) is 0. The summed E-state index contributed by atoms with van der Waals surface area (Å²) in [5, 5.41) is 16.2. The van der Waals surface area contributed by atoms with Crippen molar-refractivity contribution >= 4 is 52.0 Å². The number of thiazole rings is 1. The van der Waals surface area contributed by atoms with E-state index in [1.807, 2.05) is 17.5 Å². The number of non-ortho nitro benzene ring substituents is 1. The van der Waals surface area contributed by atoms with Crippen molar-refractivity contribution in [2.24, 2.45) is 0 Å². The molecule has 3 rings (SSSR count). The molecule has 0 spiro atoms. The number of aromatic nitrogens is 1. The van der Waals surface area contributed by atoms with E-state index in [0.717, 1.165) is 21.2 Å². The van der Waals surface area contributed by atoms with Crippen molar-refractivity contribution < 1.29 is 9.72 Å². The highest BCUT2D eigenvalue weighted by molar-refractivity contribution is 8.01. The van der Waals surface area contributed by atoms with Gasteiger partial charge >= 0.3 is 0 Å². The Morgan fingerprint density at radius 1 is 1.30 bits per heavy atom. The van der Waals surface area contributed by atoms with Gasteiger partial charge in [-0.05, 0) is 24.6 Å². The predicted molar refractivity (Wildman–Crippen MR) is 110 cm³/mol. The molecule has 27 heavy (non-hydrogen) atoms. The molecule has 0 saturated carbocycles. The van der Waals surface area contributed by atoms with Gasteiger partial charge in [-0.15, -0.1) is 11.3 Å². The number of amides is 1. The first-order chi connectivity index (χ1) is 12.9. The number of hydrogen-bond acceptors (Lipinski definition) is 6. The van der Waals surface area contributed by atoms with Gasteiger partial charge in [-0.2, -0.15) is 0 Å². The minimum absolute atomic E-state index is 0.0592. The minimum atomic E-state index is -0.488. The molecular weight excluding hydrogens is 406 g/mol. The summed E-state index contributed by atoms with van der Waals surface area (Å²) in [5.41, 5.74) is 2.93. The second-order valence-electron chi connectivity index (χ2n) is 5.60. The minimum Gasteiger partial charge on any atom is -0.325 e. The average molecular weight is 420 g/mol. The molecular formula is C18H14ClN3O3S2. The van der Waals surface area contributed by atoms with Crippen LogP contribution in [0.4, 0.5) is 11.4 Å². The van der Waals surface area contributed by atoms with E-state index in [1.54, 1.807) is 25.1 Å². The van der Waals surface area contributed by atoms with Crippen LogP contribution in [0.2, 0.25) is 5.02 Å². The van der Waals surface area contributed by atoms with Gasteiger partial charge in [0.15, 0.2) is 4.34 Å². The van der Waals surface area contributed by atoms with Crippen LogP contribution >= 0.6 is 34.7 Å². The molecule has 138 valence electrons. The van der Waals surface area contributed by atoms with E-state index in [0.29, 0.717) is 10.7 Å². The molecule has 2 aromatic carbocycles. The lowest BCUT2D eigenvalue weighted by Gasteiger charge is -2.07. The summed E-state index contributed by atoms with van der Waals surface area (Å²) in [4.78, 5) is 27.1. The van der Waals surface area contributed by atoms with Crippen LogP contribution in [0.1, 0.15) is 5.56 Å². The highest BCUT2D eigenvalue weighted by atomic mass is 35.5. The van der Waals surface area contributed by atoms with Crippen LogP contribution in [-0.2, 0) is 4.79 Å². The van der Waals surface area contributed by atoms with E-state index in [2.05, 4.69) is 10.3 Å². The summed E-state index contributed by atoms with van der Waals surface area (Å²) in [6.45, 7) is 1.78. The number of aryl methyl sites for hydroxylation is 1. The fourth-order valence-electron chi connectivity index (χ4n) is 2.25. The van der Waals surface area contributed by atoms with Crippen LogP contribution < -0.4 is 5.32 Å². The lowest BCUT2D eigenvalue weighted by Crippen LogP contribution is -2.15. The van der Waals surface area contributed by atoms with Crippen molar-refractivity contribution in [1.82, 2.24) is 4.98 Å². The van der Waals surface area contributed by atoms with Crippen molar-refractivity contribution in [2.75, 3.05) is 11.1 Å². The zero-order valence-corrected chi connectivity index (χ0v) is 16.5. The Bertz CT molecular complexity index is 990.